The zero-order valence-electron chi connectivity index (χ0n) is 30.7. The van der Waals surface area contributed by atoms with Crippen molar-refractivity contribution in [2.75, 3.05) is 4.90 Å². The summed E-state index contributed by atoms with van der Waals surface area (Å²) < 4.78 is 7.01. The Bertz CT molecular complexity index is 2700. The fraction of sp³-hybridized carbons (Fsp3) is 0. The molecule has 0 saturated carbocycles. The number of fused-ring (bicyclic) bond motifs is 5. The van der Waals surface area contributed by atoms with E-state index in [2.05, 4.69) is 229 Å². The van der Waals surface area contributed by atoms with E-state index in [0.717, 1.165) is 61.9 Å². The molecule has 0 aliphatic carbocycles. The Labute approximate surface area is 328 Å². The highest BCUT2D eigenvalue weighted by atomic mass is 16.5. The molecule has 0 N–H and O–H groups in total. The molecule has 0 saturated heterocycles. The first-order chi connectivity index (χ1) is 27.8. The molecule has 1 aliphatic heterocycles. The summed E-state index contributed by atoms with van der Waals surface area (Å²) in [6.07, 6.45) is 0. The van der Waals surface area contributed by atoms with E-state index in [4.69, 9.17) is 4.74 Å². The molecule has 9 aromatic carbocycles. The lowest BCUT2D eigenvalue weighted by Crippen LogP contribution is -2.11. The van der Waals surface area contributed by atoms with Crippen LogP contribution in [0.3, 0.4) is 0 Å². The van der Waals surface area contributed by atoms with Crippen molar-refractivity contribution in [2.45, 2.75) is 0 Å². The van der Waals surface area contributed by atoms with E-state index in [1.54, 1.807) is 0 Å². The van der Waals surface area contributed by atoms with E-state index in [1.165, 1.54) is 33.4 Å². The molecule has 2 nitrogen and oxygen atoms in total. The first-order valence-corrected chi connectivity index (χ1v) is 19.1. The molecule has 9 aromatic rings. The van der Waals surface area contributed by atoms with Gasteiger partial charge in [-0.15, -0.1) is 0 Å². The molecule has 10 rings (SSSR count). The number of rotatable bonds is 7. The van der Waals surface area contributed by atoms with Crippen LogP contribution in [0.15, 0.2) is 224 Å². The topological polar surface area (TPSA) is 12.5 Å². The van der Waals surface area contributed by atoms with Gasteiger partial charge in [-0.1, -0.05) is 170 Å². The van der Waals surface area contributed by atoms with E-state index >= 15 is 0 Å². The SMILES string of the molecule is c1ccc(-c2ccc(N(c3ccc(-c4ccccc4)cc3)c3cccc4c3-c3ccc(-c5ccccc5)cc3-c3cc(-c5ccccc5)ccc3O4)cc2)cc1. The van der Waals surface area contributed by atoms with Crippen LogP contribution < -0.4 is 9.64 Å². The molecule has 0 amide bonds. The van der Waals surface area contributed by atoms with Crippen LogP contribution in [-0.2, 0) is 0 Å². The maximum Gasteiger partial charge on any atom is 0.137 e. The summed E-state index contributed by atoms with van der Waals surface area (Å²) >= 11 is 0. The van der Waals surface area contributed by atoms with Crippen molar-refractivity contribution in [1.82, 2.24) is 0 Å². The Morgan fingerprint density at radius 1 is 0.268 bits per heavy atom. The van der Waals surface area contributed by atoms with E-state index in [-0.39, 0.29) is 0 Å². The summed E-state index contributed by atoms with van der Waals surface area (Å²) in [5, 5.41) is 0. The Morgan fingerprint density at radius 3 is 1.18 bits per heavy atom. The van der Waals surface area contributed by atoms with Crippen LogP contribution >= 0.6 is 0 Å². The Balaban J connectivity index is 1.18. The molecule has 0 aromatic heterocycles. The minimum absolute atomic E-state index is 0.814. The van der Waals surface area contributed by atoms with Crippen LogP contribution in [0.2, 0.25) is 0 Å². The third-order valence-electron chi connectivity index (χ3n) is 10.7. The Hall–Kier alpha value is -7.42. The van der Waals surface area contributed by atoms with Gasteiger partial charge in [-0.3, -0.25) is 0 Å². The molecular formula is C54H37NO. The average molecular weight is 716 g/mol. The van der Waals surface area contributed by atoms with Crippen molar-refractivity contribution in [3.05, 3.63) is 224 Å². The molecule has 0 radical (unpaired) electrons. The van der Waals surface area contributed by atoms with Gasteiger partial charge in [0.15, 0.2) is 0 Å². The van der Waals surface area contributed by atoms with E-state index in [0.29, 0.717) is 0 Å². The van der Waals surface area contributed by atoms with Crippen molar-refractivity contribution in [2.24, 2.45) is 0 Å². The van der Waals surface area contributed by atoms with Crippen LogP contribution in [0.4, 0.5) is 17.1 Å². The Kier molecular flexibility index (Phi) is 8.55. The van der Waals surface area contributed by atoms with Crippen LogP contribution in [0.25, 0.3) is 66.8 Å². The van der Waals surface area contributed by atoms with Gasteiger partial charge in [0, 0.05) is 22.5 Å². The number of benzene rings is 9. The molecule has 0 bridgehead atoms. The summed E-state index contributed by atoms with van der Waals surface area (Å²) in [7, 11) is 0. The van der Waals surface area contributed by atoms with E-state index < -0.39 is 0 Å². The van der Waals surface area contributed by atoms with Crippen molar-refractivity contribution >= 4 is 17.1 Å². The summed E-state index contributed by atoms with van der Waals surface area (Å²) in [6.45, 7) is 0. The second-order valence-electron chi connectivity index (χ2n) is 14.1. The molecule has 2 heteroatoms. The van der Waals surface area contributed by atoms with E-state index in [9.17, 15) is 0 Å². The number of hydrogen-bond acceptors (Lipinski definition) is 2. The molecule has 264 valence electrons. The quantitative estimate of drug-likeness (QED) is 0.163. The van der Waals surface area contributed by atoms with Gasteiger partial charge in [0.2, 0.25) is 0 Å². The maximum absolute atomic E-state index is 7.01. The minimum atomic E-state index is 0.814. The molecule has 0 unspecified atom stereocenters. The van der Waals surface area contributed by atoms with Gasteiger partial charge in [-0.2, -0.15) is 0 Å². The predicted molar refractivity (Wildman–Crippen MR) is 234 cm³/mol. The monoisotopic (exact) mass is 715 g/mol. The van der Waals surface area contributed by atoms with Gasteiger partial charge in [0.1, 0.15) is 11.5 Å². The van der Waals surface area contributed by atoms with Gasteiger partial charge in [-0.05, 0) is 110 Å². The summed E-state index contributed by atoms with van der Waals surface area (Å²) in [4.78, 5) is 2.37. The first-order valence-electron chi connectivity index (χ1n) is 19.1. The summed E-state index contributed by atoms with van der Waals surface area (Å²) in [5.41, 5.74) is 16.9. The second-order valence-corrected chi connectivity index (χ2v) is 14.1. The zero-order valence-corrected chi connectivity index (χ0v) is 30.7. The van der Waals surface area contributed by atoms with Gasteiger partial charge < -0.3 is 9.64 Å². The molecule has 0 spiro atoms. The van der Waals surface area contributed by atoms with Crippen molar-refractivity contribution < 1.29 is 4.74 Å². The number of anilines is 3. The minimum Gasteiger partial charge on any atom is -0.456 e. The fourth-order valence-corrected chi connectivity index (χ4v) is 7.91. The van der Waals surface area contributed by atoms with Gasteiger partial charge in [0.25, 0.3) is 0 Å². The van der Waals surface area contributed by atoms with Gasteiger partial charge in [-0.25, -0.2) is 0 Å². The van der Waals surface area contributed by atoms with Crippen LogP contribution in [-0.4, -0.2) is 0 Å². The molecule has 1 heterocycles. The van der Waals surface area contributed by atoms with Crippen LogP contribution in [0, 0.1) is 0 Å². The highest BCUT2D eigenvalue weighted by Gasteiger charge is 2.27. The van der Waals surface area contributed by atoms with Crippen LogP contribution in [0.5, 0.6) is 11.5 Å². The van der Waals surface area contributed by atoms with Crippen molar-refractivity contribution in [3.8, 4) is 78.3 Å². The number of hydrogen-bond donors (Lipinski definition) is 0. The molecular weight excluding hydrogens is 679 g/mol. The lowest BCUT2D eigenvalue weighted by atomic mass is 9.89. The van der Waals surface area contributed by atoms with Gasteiger partial charge in [0.05, 0.1) is 5.69 Å². The third-order valence-corrected chi connectivity index (χ3v) is 10.7. The molecule has 0 atom stereocenters. The predicted octanol–water partition coefficient (Wildman–Crippen LogP) is 15.3. The maximum atomic E-state index is 7.01. The standard InChI is InChI=1S/C54H37NO/c1-5-14-38(15-6-1)42-24-30-46(31-25-42)55(47-32-26-43(27-33-47)39-16-7-2-8-17-39)51-22-13-23-53-54(51)48-34-28-44(40-18-9-3-10-19-40)36-49(48)50-37-45(29-35-52(50)56-53)41-20-11-4-12-21-41/h1-37H. The first kappa shape index (κ1) is 33.2. The van der Waals surface area contributed by atoms with Gasteiger partial charge >= 0.3 is 0 Å². The van der Waals surface area contributed by atoms with Crippen LogP contribution in [0.1, 0.15) is 0 Å². The smallest absolute Gasteiger partial charge is 0.137 e. The molecule has 1 aliphatic rings. The fourth-order valence-electron chi connectivity index (χ4n) is 7.91. The van der Waals surface area contributed by atoms with Crippen molar-refractivity contribution in [3.63, 3.8) is 0 Å². The zero-order chi connectivity index (χ0) is 37.3. The molecule has 0 fully saturated rings. The van der Waals surface area contributed by atoms with Crippen molar-refractivity contribution in [1.29, 1.82) is 0 Å². The summed E-state index contributed by atoms with van der Waals surface area (Å²) in [6, 6.07) is 79.9. The largest absolute Gasteiger partial charge is 0.456 e. The lowest BCUT2D eigenvalue weighted by molar-refractivity contribution is 0.488. The highest BCUT2D eigenvalue weighted by molar-refractivity contribution is 6.01. The number of nitrogens with zero attached hydrogens (tertiary/aromatic N) is 1. The molecule has 56 heavy (non-hydrogen) atoms. The van der Waals surface area contributed by atoms with E-state index in [1.807, 2.05) is 0 Å². The summed E-state index contributed by atoms with van der Waals surface area (Å²) in [5.74, 6) is 1.65. The normalized spacial score (nSPS) is 11.4. The number of ether oxygens (including phenoxy) is 1. The lowest BCUT2D eigenvalue weighted by Gasteiger charge is -2.29. The third kappa shape index (κ3) is 6.24. The highest BCUT2D eigenvalue weighted by Crippen LogP contribution is 2.53. The average Bonchev–Trinajstić information content (AvgIpc) is 3.42. The second kappa shape index (κ2) is 14.4. The Morgan fingerprint density at radius 2 is 0.679 bits per heavy atom.